The molecule has 0 bridgehead atoms. The average Bonchev–Trinajstić information content (AvgIpc) is 2.80. The number of hydrogen-bond acceptors (Lipinski definition) is 3. The Kier molecular flexibility index (Phi) is 5.67. The zero-order chi connectivity index (χ0) is 15.4. The summed E-state index contributed by atoms with van der Waals surface area (Å²) >= 11 is 9.79. The van der Waals surface area contributed by atoms with Crippen LogP contribution in [0.4, 0.5) is 0 Å². The van der Waals surface area contributed by atoms with Crippen LogP contribution in [0.1, 0.15) is 30.6 Å². The zero-order valence-corrected chi connectivity index (χ0v) is 14.7. The van der Waals surface area contributed by atoms with Gasteiger partial charge in [-0.2, -0.15) is 5.10 Å². The standard InChI is InChI=1S/C15H19BrClN3O/c1-4-7-18-14(15-12(17)9-19-20(15)2)11-6-5-10(16)8-13(11)21-3/h5-6,8-9,14,18H,4,7H2,1-3H3. The van der Waals surface area contributed by atoms with E-state index in [1.165, 1.54) is 0 Å². The molecule has 0 spiro atoms. The third-order valence-corrected chi connectivity index (χ3v) is 4.10. The third-order valence-electron chi connectivity index (χ3n) is 3.32. The van der Waals surface area contributed by atoms with Crippen LogP contribution in [0.5, 0.6) is 5.75 Å². The molecule has 6 heteroatoms. The van der Waals surface area contributed by atoms with E-state index < -0.39 is 0 Å². The fourth-order valence-corrected chi connectivity index (χ4v) is 2.93. The number of halogens is 2. The Morgan fingerprint density at radius 3 is 2.81 bits per heavy atom. The maximum absolute atomic E-state index is 6.32. The van der Waals surface area contributed by atoms with Crippen molar-refractivity contribution in [3.63, 3.8) is 0 Å². The molecule has 1 heterocycles. The Morgan fingerprint density at radius 1 is 1.48 bits per heavy atom. The molecule has 1 aromatic carbocycles. The second-order valence-corrected chi connectivity index (χ2v) is 6.10. The summed E-state index contributed by atoms with van der Waals surface area (Å²) in [5, 5.41) is 8.41. The minimum Gasteiger partial charge on any atom is -0.496 e. The van der Waals surface area contributed by atoms with Gasteiger partial charge in [-0.25, -0.2) is 0 Å². The van der Waals surface area contributed by atoms with Crippen LogP contribution < -0.4 is 10.1 Å². The molecule has 1 aromatic heterocycles. The molecule has 0 saturated heterocycles. The molecule has 1 unspecified atom stereocenters. The highest BCUT2D eigenvalue weighted by Crippen LogP contribution is 2.34. The van der Waals surface area contributed by atoms with E-state index in [9.17, 15) is 0 Å². The van der Waals surface area contributed by atoms with Gasteiger partial charge in [-0.05, 0) is 25.1 Å². The minimum atomic E-state index is -0.0620. The van der Waals surface area contributed by atoms with Crippen molar-refractivity contribution in [2.75, 3.05) is 13.7 Å². The molecule has 0 aliphatic heterocycles. The summed E-state index contributed by atoms with van der Waals surface area (Å²) in [6.45, 7) is 3.01. The number of benzene rings is 1. The molecule has 0 saturated carbocycles. The van der Waals surface area contributed by atoms with Gasteiger partial charge in [0.05, 0.1) is 30.1 Å². The summed E-state index contributed by atoms with van der Waals surface area (Å²) in [7, 11) is 3.57. The van der Waals surface area contributed by atoms with Crippen molar-refractivity contribution >= 4 is 27.5 Å². The molecule has 4 nitrogen and oxygen atoms in total. The van der Waals surface area contributed by atoms with Crippen LogP contribution in [0, 0.1) is 0 Å². The molecular weight excluding hydrogens is 354 g/mol. The molecule has 1 atom stereocenters. The fraction of sp³-hybridized carbons (Fsp3) is 0.400. The van der Waals surface area contributed by atoms with Crippen molar-refractivity contribution in [1.29, 1.82) is 0 Å². The Hall–Kier alpha value is -1.04. The van der Waals surface area contributed by atoms with Crippen molar-refractivity contribution in [2.45, 2.75) is 19.4 Å². The number of nitrogens with zero attached hydrogens (tertiary/aromatic N) is 2. The highest BCUT2D eigenvalue weighted by molar-refractivity contribution is 9.10. The summed E-state index contributed by atoms with van der Waals surface area (Å²) in [6.07, 6.45) is 2.70. The number of rotatable bonds is 6. The number of aromatic nitrogens is 2. The lowest BCUT2D eigenvalue weighted by atomic mass is 10.0. The summed E-state index contributed by atoms with van der Waals surface area (Å²) in [6, 6.07) is 5.94. The second-order valence-electron chi connectivity index (χ2n) is 4.77. The number of methoxy groups -OCH3 is 1. The molecule has 0 aliphatic rings. The van der Waals surface area contributed by atoms with Crippen LogP contribution in [0.25, 0.3) is 0 Å². The van der Waals surface area contributed by atoms with Crippen molar-refractivity contribution in [3.05, 3.63) is 45.1 Å². The predicted octanol–water partition coefficient (Wildman–Crippen LogP) is 3.93. The summed E-state index contributed by atoms with van der Waals surface area (Å²) in [5.74, 6) is 0.815. The summed E-state index contributed by atoms with van der Waals surface area (Å²) < 4.78 is 8.30. The van der Waals surface area contributed by atoms with Gasteiger partial charge in [0, 0.05) is 17.1 Å². The van der Waals surface area contributed by atoms with Crippen molar-refractivity contribution in [1.82, 2.24) is 15.1 Å². The lowest BCUT2D eigenvalue weighted by molar-refractivity contribution is 0.402. The van der Waals surface area contributed by atoms with Gasteiger partial charge in [-0.3, -0.25) is 4.68 Å². The molecule has 1 N–H and O–H groups in total. The molecule has 0 amide bonds. The molecule has 2 aromatic rings. The molecule has 0 fully saturated rings. The third kappa shape index (κ3) is 3.59. The zero-order valence-electron chi connectivity index (χ0n) is 12.4. The highest BCUT2D eigenvalue weighted by atomic mass is 79.9. The topological polar surface area (TPSA) is 39.1 Å². The summed E-state index contributed by atoms with van der Waals surface area (Å²) in [4.78, 5) is 0. The Morgan fingerprint density at radius 2 is 2.24 bits per heavy atom. The first-order valence-electron chi connectivity index (χ1n) is 6.82. The van der Waals surface area contributed by atoms with Gasteiger partial charge in [-0.1, -0.05) is 40.5 Å². The monoisotopic (exact) mass is 371 g/mol. The van der Waals surface area contributed by atoms with E-state index >= 15 is 0 Å². The van der Waals surface area contributed by atoms with Crippen LogP contribution in [-0.4, -0.2) is 23.4 Å². The lowest BCUT2D eigenvalue weighted by Crippen LogP contribution is -2.26. The smallest absolute Gasteiger partial charge is 0.125 e. The van der Waals surface area contributed by atoms with Crippen molar-refractivity contribution in [3.8, 4) is 5.75 Å². The van der Waals surface area contributed by atoms with Crippen LogP contribution in [-0.2, 0) is 7.05 Å². The maximum atomic E-state index is 6.32. The molecular formula is C15H19BrClN3O. The minimum absolute atomic E-state index is 0.0620. The number of nitrogens with one attached hydrogen (secondary N) is 1. The van der Waals surface area contributed by atoms with Gasteiger partial charge in [0.2, 0.25) is 0 Å². The van der Waals surface area contributed by atoms with E-state index in [4.69, 9.17) is 16.3 Å². The first-order valence-corrected chi connectivity index (χ1v) is 7.99. The first kappa shape index (κ1) is 16.3. The maximum Gasteiger partial charge on any atom is 0.125 e. The highest BCUT2D eigenvalue weighted by Gasteiger charge is 2.23. The van der Waals surface area contributed by atoms with Crippen LogP contribution in [0.2, 0.25) is 5.02 Å². The largest absolute Gasteiger partial charge is 0.496 e. The summed E-state index contributed by atoms with van der Waals surface area (Å²) in [5.41, 5.74) is 1.98. The SMILES string of the molecule is CCCNC(c1ccc(Br)cc1OC)c1c(Cl)cnn1C. The van der Waals surface area contributed by atoms with Gasteiger partial charge in [0.25, 0.3) is 0 Å². The van der Waals surface area contributed by atoms with Gasteiger partial charge in [0.1, 0.15) is 5.75 Å². The van der Waals surface area contributed by atoms with E-state index in [1.54, 1.807) is 18.0 Å². The molecule has 21 heavy (non-hydrogen) atoms. The van der Waals surface area contributed by atoms with Crippen LogP contribution >= 0.6 is 27.5 Å². The molecule has 114 valence electrons. The Balaban J connectivity index is 2.50. The van der Waals surface area contributed by atoms with Crippen LogP contribution in [0.15, 0.2) is 28.9 Å². The van der Waals surface area contributed by atoms with Crippen LogP contribution in [0.3, 0.4) is 0 Å². The van der Waals surface area contributed by atoms with Gasteiger partial charge in [0.15, 0.2) is 0 Å². The molecule has 0 radical (unpaired) electrons. The van der Waals surface area contributed by atoms with E-state index in [-0.39, 0.29) is 6.04 Å². The van der Waals surface area contributed by atoms with Crippen molar-refractivity contribution in [2.24, 2.45) is 7.05 Å². The lowest BCUT2D eigenvalue weighted by Gasteiger charge is -2.22. The quantitative estimate of drug-likeness (QED) is 0.835. The Bertz CT molecular complexity index is 595. The predicted molar refractivity (Wildman–Crippen MR) is 89.0 cm³/mol. The second kappa shape index (κ2) is 7.29. The number of ether oxygens (including phenoxy) is 1. The van der Waals surface area contributed by atoms with E-state index in [0.29, 0.717) is 5.02 Å². The molecule has 2 rings (SSSR count). The molecule has 0 aliphatic carbocycles. The van der Waals surface area contributed by atoms with Gasteiger partial charge >= 0.3 is 0 Å². The number of aryl methyl sites for hydroxylation is 1. The normalized spacial score (nSPS) is 12.4. The van der Waals surface area contributed by atoms with Gasteiger partial charge < -0.3 is 10.1 Å². The van der Waals surface area contributed by atoms with E-state index in [0.717, 1.165) is 34.4 Å². The first-order chi connectivity index (χ1) is 10.1. The van der Waals surface area contributed by atoms with Crippen molar-refractivity contribution < 1.29 is 4.74 Å². The van der Waals surface area contributed by atoms with Gasteiger partial charge in [-0.15, -0.1) is 0 Å². The number of hydrogen-bond donors (Lipinski definition) is 1. The average molecular weight is 373 g/mol. The van der Waals surface area contributed by atoms with E-state index in [1.807, 2.05) is 25.2 Å². The van der Waals surface area contributed by atoms with E-state index in [2.05, 4.69) is 33.3 Å². The Labute approximate surface area is 138 Å². The fourth-order valence-electron chi connectivity index (χ4n) is 2.31.